The monoisotopic (exact) mass is 1050 g/mol. The molecule has 3 nitrogen and oxygen atoms in total. The fourth-order valence-electron chi connectivity index (χ4n) is 13.1. The van der Waals surface area contributed by atoms with Crippen LogP contribution in [0.1, 0.15) is 132 Å². The van der Waals surface area contributed by atoms with Gasteiger partial charge in [-0.15, -0.1) is 0 Å². The highest BCUT2D eigenvalue weighted by Gasteiger charge is 2.47. The summed E-state index contributed by atoms with van der Waals surface area (Å²) < 4.78 is 10.0. The van der Waals surface area contributed by atoms with Crippen LogP contribution in [0.2, 0.25) is 0 Å². The molecule has 0 amide bonds. The van der Waals surface area contributed by atoms with E-state index in [1.807, 2.05) is 0 Å². The molecular weight excluding hydrogens is 972 g/mol. The van der Waals surface area contributed by atoms with Gasteiger partial charge in [0.25, 0.3) is 6.71 Å². The summed E-state index contributed by atoms with van der Waals surface area (Å²) in [4.78, 5) is 2.70. The van der Waals surface area contributed by atoms with Crippen LogP contribution in [0.15, 0.2) is 194 Å². The standard InChI is InChI=1S/C74H77BN2OSi/c1-70(2,3)48-34-40-62-56(42-48)57-43-49(71(4,5)6)35-41-63(57)76(62)51-36-38-61-66(46-51)78-67-45-50(72(7,8)9)44-65-68(67)75(61)60-39-37-55(47-64(60)77(65)69-58(73(10,11)12)32-25-33-59(69)74(13,14)15)79(52-26-19-16-20-27-52,53-28-21-17-22-29-53)54-30-23-18-24-31-54/h16-47H,1-15H3. The molecule has 0 saturated heterocycles. The molecule has 0 unspecified atom stereocenters. The van der Waals surface area contributed by atoms with Gasteiger partial charge < -0.3 is 14.2 Å². The van der Waals surface area contributed by atoms with E-state index in [0.29, 0.717) is 0 Å². The van der Waals surface area contributed by atoms with Crippen LogP contribution < -0.4 is 46.8 Å². The van der Waals surface area contributed by atoms with Gasteiger partial charge in [-0.05, 0) is 141 Å². The van der Waals surface area contributed by atoms with Crippen molar-refractivity contribution < 1.29 is 4.74 Å². The summed E-state index contributed by atoms with van der Waals surface area (Å²) in [7, 11) is -2.99. The number of benzene rings is 9. The summed E-state index contributed by atoms with van der Waals surface area (Å²) in [6.45, 7) is 35.1. The number of hydrogen-bond donors (Lipinski definition) is 0. The van der Waals surface area contributed by atoms with Crippen molar-refractivity contribution in [1.82, 2.24) is 4.57 Å². The molecule has 0 N–H and O–H groups in total. The molecule has 9 aromatic carbocycles. The SMILES string of the molecule is CC(C)(C)c1cc2c3c(c1)N(c1c(C(C)(C)C)cccc1C(C)(C)C)c1cc([Si](c4ccccc4)(c4ccccc4)c4ccccc4)ccc1B3c1ccc(-n3c4ccc(C(C)(C)C)cc4c4cc(C(C)(C)C)ccc43)cc1O2. The maximum atomic E-state index is 7.56. The van der Waals surface area contributed by atoms with Crippen molar-refractivity contribution in [1.29, 1.82) is 0 Å². The molecule has 3 heterocycles. The molecule has 0 spiro atoms. The van der Waals surface area contributed by atoms with Crippen LogP contribution >= 0.6 is 0 Å². The molecule has 0 bridgehead atoms. The number of anilines is 3. The molecule has 10 aromatic rings. The Hall–Kier alpha value is -7.34. The van der Waals surface area contributed by atoms with Crippen LogP contribution in [0.4, 0.5) is 17.1 Å². The van der Waals surface area contributed by atoms with Crippen LogP contribution in [0.5, 0.6) is 11.5 Å². The van der Waals surface area contributed by atoms with Crippen LogP contribution in [-0.4, -0.2) is 19.4 Å². The number of nitrogens with zero attached hydrogens (tertiary/aromatic N) is 2. The molecule has 2 aliphatic heterocycles. The molecular formula is C74H77BN2OSi. The van der Waals surface area contributed by atoms with Crippen molar-refractivity contribution in [2.45, 2.75) is 131 Å². The third-order valence-electron chi connectivity index (χ3n) is 17.3. The summed E-state index contributed by atoms with van der Waals surface area (Å²) in [5.74, 6) is 1.82. The second-order valence-corrected chi connectivity index (χ2v) is 31.7. The maximum absolute atomic E-state index is 7.56. The highest BCUT2D eigenvalue weighted by molar-refractivity contribution is 7.20. The number of rotatable bonds is 6. The van der Waals surface area contributed by atoms with Gasteiger partial charge in [-0.1, -0.05) is 243 Å². The molecule has 1 aromatic heterocycles. The lowest BCUT2D eigenvalue weighted by Crippen LogP contribution is -2.75. The minimum Gasteiger partial charge on any atom is -0.458 e. The van der Waals surface area contributed by atoms with E-state index in [1.165, 1.54) is 104 Å². The highest BCUT2D eigenvalue weighted by Crippen LogP contribution is 2.50. The van der Waals surface area contributed by atoms with Crippen molar-refractivity contribution in [2.75, 3.05) is 4.90 Å². The van der Waals surface area contributed by atoms with Crippen molar-refractivity contribution in [2.24, 2.45) is 0 Å². The van der Waals surface area contributed by atoms with Gasteiger partial charge in [-0.3, -0.25) is 0 Å². The van der Waals surface area contributed by atoms with E-state index >= 15 is 0 Å². The Morgan fingerprint density at radius 2 is 0.848 bits per heavy atom. The van der Waals surface area contributed by atoms with Crippen molar-refractivity contribution >= 4 is 90.8 Å². The lowest BCUT2D eigenvalue weighted by atomic mass is 9.34. The second-order valence-electron chi connectivity index (χ2n) is 27.9. The first-order valence-electron chi connectivity index (χ1n) is 28.7. The minimum atomic E-state index is -2.99. The molecule has 2 aliphatic rings. The average molecular weight is 1050 g/mol. The minimum absolute atomic E-state index is 0.00610. The Labute approximate surface area is 472 Å². The van der Waals surface area contributed by atoms with Gasteiger partial charge in [0.05, 0.1) is 16.7 Å². The van der Waals surface area contributed by atoms with Gasteiger partial charge in [0, 0.05) is 33.9 Å². The van der Waals surface area contributed by atoms with Crippen LogP contribution in [0.3, 0.4) is 0 Å². The van der Waals surface area contributed by atoms with Crippen molar-refractivity contribution in [3.63, 3.8) is 0 Å². The molecule has 396 valence electrons. The van der Waals surface area contributed by atoms with Crippen molar-refractivity contribution in [3.05, 3.63) is 222 Å². The quantitative estimate of drug-likeness (QED) is 0.122. The van der Waals surface area contributed by atoms with Crippen LogP contribution in [0.25, 0.3) is 27.5 Å². The topological polar surface area (TPSA) is 17.4 Å². The Morgan fingerprint density at radius 3 is 1.32 bits per heavy atom. The predicted molar refractivity (Wildman–Crippen MR) is 344 cm³/mol. The van der Waals surface area contributed by atoms with Gasteiger partial charge >= 0.3 is 0 Å². The molecule has 12 rings (SSSR count). The summed E-state index contributed by atoms with van der Waals surface area (Å²) in [6.07, 6.45) is 0. The average Bonchev–Trinajstić information content (AvgIpc) is 3.79. The first-order valence-corrected chi connectivity index (χ1v) is 30.7. The van der Waals surface area contributed by atoms with Gasteiger partial charge in [-0.25, -0.2) is 0 Å². The summed E-state index contributed by atoms with van der Waals surface area (Å²) in [5, 5.41) is 7.98. The summed E-state index contributed by atoms with van der Waals surface area (Å²) in [6, 6.07) is 75.0. The number of fused-ring (bicyclic) bond motifs is 7. The summed E-state index contributed by atoms with van der Waals surface area (Å²) >= 11 is 0. The van der Waals surface area contributed by atoms with Gasteiger partial charge in [0.1, 0.15) is 11.5 Å². The first kappa shape index (κ1) is 52.4. The maximum Gasteiger partial charge on any atom is 0.256 e. The lowest BCUT2D eigenvalue weighted by molar-refractivity contribution is 0.483. The molecule has 0 atom stereocenters. The smallest absolute Gasteiger partial charge is 0.256 e. The highest BCUT2D eigenvalue weighted by atomic mass is 28.3. The third kappa shape index (κ3) is 8.61. The fraction of sp³-hybridized carbons (Fsp3) is 0.270. The summed E-state index contributed by atoms with van der Waals surface area (Å²) in [5.41, 5.74) is 16.8. The Bertz CT molecular complexity index is 3810. The zero-order valence-electron chi connectivity index (χ0n) is 49.4. The van der Waals surface area contributed by atoms with E-state index in [4.69, 9.17) is 4.74 Å². The van der Waals surface area contributed by atoms with E-state index in [0.717, 1.165) is 17.2 Å². The fourth-order valence-corrected chi connectivity index (χ4v) is 17.8. The zero-order valence-corrected chi connectivity index (χ0v) is 50.4. The molecule has 0 saturated carbocycles. The first-order chi connectivity index (χ1) is 37.3. The Morgan fingerprint density at radius 1 is 0.367 bits per heavy atom. The van der Waals surface area contributed by atoms with E-state index in [1.54, 1.807) is 0 Å². The molecule has 0 fully saturated rings. The molecule has 79 heavy (non-hydrogen) atoms. The van der Waals surface area contributed by atoms with Crippen LogP contribution in [-0.2, 0) is 27.1 Å². The van der Waals surface area contributed by atoms with Crippen LogP contribution in [0, 0.1) is 0 Å². The number of ether oxygens (including phenoxy) is 1. The van der Waals surface area contributed by atoms with Gasteiger partial charge in [0.2, 0.25) is 0 Å². The second kappa shape index (κ2) is 18.4. The predicted octanol–water partition coefficient (Wildman–Crippen LogP) is 15.1. The third-order valence-corrected chi connectivity index (χ3v) is 22.1. The molecule has 0 radical (unpaired) electrons. The lowest BCUT2D eigenvalue weighted by Gasteiger charge is -2.45. The normalized spacial score (nSPS) is 13.8. The largest absolute Gasteiger partial charge is 0.458 e. The van der Waals surface area contributed by atoms with Gasteiger partial charge in [0.15, 0.2) is 8.07 Å². The molecule has 5 heteroatoms. The Balaban J connectivity index is 1.18. The Kier molecular flexibility index (Phi) is 12.2. The molecule has 0 aliphatic carbocycles. The van der Waals surface area contributed by atoms with Crippen molar-refractivity contribution in [3.8, 4) is 17.2 Å². The van der Waals surface area contributed by atoms with E-state index in [9.17, 15) is 0 Å². The van der Waals surface area contributed by atoms with E-state index in [2.05, 4.69) is 307 Å². The number of hydrogen-bond acceptors (Lipinski definition) is 2. The van der Waals surface area contributed by atoms with E-state index in [-0.39, 0.29) is 33.8 Å². The number of aromatic nitrogens is 1. The van der Waals surface area contributed by atoms with Gasteiger partial charge in [-0.2, -0.15) is 0 Å². The number of para-hydroxylation sites is 1. The zero-order chi connectivity index (χ0) is 55.8. The van der Waals surface area contributed by atoms with E-state index < -0.39 is 8.07 Å².